The molecule has 0 aromatic heterocycles. The highest BCUT2D eigenvalue weighted by Gasteiger charge is 2.17. The van der Waals surface area contributed by atoms with Crippen LogP contribution in [0.15, 0.2) is 46.9 Å². The van der Waals surface area contributed by atoms with Crippen molar-refractivity contribution in [1.29, 1.82) is 0 Å². The average Bonchev–Trinajstić information content (AvgIpc) is 2.41. The Morgan fingerprint density at radius 3 is 2.65 bits per heavy atom. The van der Waals surface area contributed by atoms with E-state index >= 15 is 0 Å². The van der Waals surface area contributed by atoms with Crippen LogP contribution in [-0.2, 0) is 0 Å². The van der Waals surface area contributed by atoms with Crippen molar-refractivity contribution < 1.29 is 10.0 Å². The van der Waals surface area contributed by atoms with Gasteiger partial charge in [0.1, 0.15) is 11.4 Å². The van der Waals surface area contributed by atoms with Gasteiger partial charge in [0.25, 0.3) is 5.69 Å². The van der Waals surface area contributed by atoms with Crippen molar-refractivity contribution in [1.82, 2.24) is 0 Å². The molecule has 20 heavy (non-hydrogen) atoms. The highest BCUT2D eigenvalue weighted by Crippen LogP contribution is 2.32. The van der Waals surface area contributed by atoms with Gasteiger partial charge in [-0.3, -0.25) is 10.1 Å². The molecule has 0 aliphatic rings. The summed E-state index contributed by atoms with van der Waals surface area (Å²) < 4.78 is 0.932. The second-order valence-corrected chi connectivity index (χ2v) is 5.20. The molecule has 1 atom stereocenters. The van der Waals surface area contributed by atoms with Crippen molar-refractivity contribution in [2.75, 3.05) is 5.32 Å². The van der Waals surface area contributed by atoms with Gasteiger partial charge < -0.3 is 10.4 Å². The smallest absolute Gasteiger partial charge is 0.296 e. The van der Waals surface area contributed by atoms with E-state index in [0.717, 1.165) is 16.1 Å². The Hall–Kier alpha value is -2.08. The predicted octanol–water partition coefficient (Wildman–Crippen LogP) is 4.24. The lowest BCUT2D eigenvalue weighted by molar-refractivity contribution is -0.384. The molecule has 2 aromatic carbocycles. The third kappa shape index (κ3) is 3.08. The number of benzene rings is 2. The number of hydrogen-bond donors (Lipinski definition) is 2. The van der Waals surface area contributed by atoms with Gasteiger partial charge in [0.2, 0.25) is 0 Å². The summed E-state index contributed by atoms with van der Waals surface area (Å²) in [4.78, 5) is 10.5. The summed E-state index contributed by atoms with van der Waals surface area (Å²) in [5.41, 5.74) is 1.22. The number of anilines is 1. The van der Waals surface area contributed by atoms with Crippen LogP contribution in [0.1, 0.15) is 18.5 Å². The van der Waals surface area contributed by atoms with E-state index in [1.54, 1.807) is 0 Å². The van der Waals surface area contributed by atoms with Crippen LogP contribution in [0, 0.1) is 10.1 Å². The second-order valence-electron chi connectivity index (χ2n) is 4.35. The van der Waals surface area contributed by atoms with Crippen molar-refractivity contribution in [2.24, 2.45) is 0 Å². The number of aromatic hydroxyl groups is 1. The lowest BCUT2D eigenvalue weighted by Gasteiger charge is -2.17. The molecule has 5 nitrogen and oxygen atoms in total. The topological polar surface area (TPSA) is 75.4 Å². The van der Waals surface area contributed by atoms with Gasteiger partial charge in [-0.15, -0.1) is 0 Å². The minimum atomic E-state index is -0.519. The zero-order valence-electron chi connectivity index (χ0n) is 10.7. The molecule has 0 fully saturated rings. The molecule has 6 heteroatoms. The first-order valence-corrected chi connectivity index (χ1v) is 6.76. The quantitative estimate of drug-likeness (QED) is 0.497. The normalized spacial score (nSPS) is 11.9. The van der Waals surface area contributed by atoms with Gasteiger partial charge >= 0.3 is 0 Å². The number of nitro groups is 1. The summed E-state index contributed by atoms with van der Waals surface area (Å²) in [6, 6.07) is 11.6. The van der Waals surface area contributed by atoms with Crippen LogP contribution in [0.2, 0.25) is 0 Å². The van der Waals surface area contributed by atoms with Crippen molar-refractivity contribution in [2.45, 2.75) is 13.0 Å². The van der Waals surface area contributed by atoms with E-state index in [0.29, 0.717) is 5.69 Å². The number of phenols is 1. The first-order valence-electron chi connectivity index (χ1n) is 5.97. The average molecular weight is 337 g/mol. The Labute approximate surface area is 124 Å². The molecule has 0 heterocycles. The lowest BCUT2D eigenvalue weighted by atomic mass is 10.1. The minimum absolute atomic E-state index is 0.117. The molecule has 0 aliphatic heterocycles. The maximum absolute atomic E-state index is 11.0. The molecule has 2 rings (SSSR count). The third-order valence-corrected chi connectivity index (χ3v) is 3.64. The molecule has 104 valence electrons. The largest absolute Gasteiger partial charge is 0.508 e. The molecule has 2 N–H and O–H groups in total. The molecule has 0 radical (unpaired) electrons. The summed E-state index contributed by atoms with van der Waals surface area (Å²) in [6.45, 7) is 1.91. The molecule has 0 amide bonds. The zero-order chi connectivity index (χ0) is 14.7. The van der Waals surface area contributed by atoms with Crippen LogP contribution in [0.25, 0.3) is 0 Å². The second kappa shape index (κ2) is 5.92. The fourth-order valence-electron chi connectivity index (χ4n) is 1.93. The van der Waals surface area contributed by atoms with Gasteiger partial charge in [-0.05, 0) is 30.7 Å². The number of nitrogens with one attached hydrogen (secondary N) is 1. The van der Waals surface area contributed by atoms with Crippen molar-refractivity contribution >= 4 is 27.3 Å². The van der Waals surface area contributed by atoms with Gasteiger partial charge in [-0.1, -0.05) is 34.1 Å². The summed E-state index contributed by atoms with van der Waals surface area (Å²) >= 11 is 3.46. The summed E-state index contributed by atoms with van der Waals surface area (Å²) in [6.07, 6.45) is 0. The van der Waals surface area contributed by atoms with Crippen LogP contribution in [0.3, 0.4) is 0 Å². The monoisotopic (exact) mass is 336 g/mol. The molecule has 0 saturated heterocycles. The number of halogens is 1. The van der Waals surface area contributed by atoms with E-state index in [4.69, 9.17) is 0 Å². The van der Waals surface area contributed by atoms with Crippen molar-refractivity contribution in [3.63, 3.8) is 0 Å². The Bertz CT molecular complexity index is 646. The summed E-state index contributed by atoms with van der Waals surface area (Å²) in [5.74, 6) is -0.129. The van der Waals surface area contributed by atoms with Crippen LogP contribution < -0.4 is 5.32 Å². The zero-order valence-corrected chi connectivity index (χ0v) is 12.3. The van der Waals surface area contributed by atoms with Crippen LogP contribution in [0.4, 0.5) is 11.4 Å². The Kier molecular flexibility index (Phi) is 4.24. The summed E-state index contributed by atoms with van der Waals surface area (Å²) in [7, 11) is 0. The predicted molar refractivity (Wildman–Crippen MR) is 80.9 cm³/mol. The minimum Gasteiger partial charge on any atom is -0.508 e. The Morgan fingerprint density at radius 2 is 2.00 bits per heavy atom. The van der Waals surface area contributed by atoms with Gasteiger partial charge in [0.15, 0.2) is 0 Å². The van der Waals surface area contributed by atoms with E-state index in [1.807, 2.05) is 31.2 Å². The van der Waals surface area contributed by atoms with Gasteiger partial charge in [-0.25, -0.2) is 0 Å². The maximum atomic E-state index is 11.0. The van der Waals surface area contributed by atoms with Gasteiger partial charge in [0.05, 0.1) is 11.0 Å². The third-order valence-electron chi connectivity index (χ3n) is 2.92. The van der Waals surface area contributed by atoms with E-state index in [-0.39, 0.29) is 17.5 Å². The highest BCUT2D eigenvalue weighted by atomic mass is 79.9. The SMILES string of the molecule is CC(Nc1ccc(O)cc1[N+](=O)[O-])c1ccccc1Br. The Morgan fingerprint density at radius 1 is 1.30 bits per heavy atom. The van der Waals surface area contributed by atoms with Crippen LogP contribution in [-0.4, -0.2) is 10.0 Å². The first-order chi connectivity index (χ1) is 9.49. The number of hydrogen-bond acceptors (Lipinski definition) is 4. The van der Waals surface area contributed by atoms with Gasteiger partial charge in [0, 0.05) is 10.5 Å². The van der Waals surface area contributed by atoms with E-state index < -0.39 is 4.92 Å². The maximum Gasteiger partial charge on any atom is 0.296 e. The van der Waals surface area contributed by atoms with Crippen LogP contribution >= 0.6 is 15.9 Å². The fourth-order valence-corrected chi connectivity index (χ4v) is 2.56. The van der Waals surface area contributed by atoms with E-state index in [1.165, 1.54) is 12.1 Å². The number of nitrogens with zero attached hydrogens (tertiary/aromatic N) is 1. The first kappa shape index (κ1) is 14.3. The van der Waals surface area contributed by atoms with Crippen molar-refractivity contribution in [3.05, 3.63) is 62.6 Å². The molecule has 2 aromatic rings. The number of nitro benzene ring substituents is 1. The molecule has 0 aliphatic carbocycles. The number of phenolic OH excluding ortho intramolecular Hbond substituents is 1. The molecular weight excluding hydrogens is 324 g/mol. The summed E-state index contributed by atoms with van der Waals surface area (Å²) in [5, 5.41) is 23.4. The standard InChI is InChI=1S/C14H13BrN2O3/c1-9(11-4-2-3-5-12(11)15)16-13-7-6-10(18)8-14(13)17(19)20/h2-9,16,18H,1H3. The van der Waals surface area contributed by atoms with E-state index in [9.17, 15) is 15.2 Å². The number of rotatable bonds is 4. The molecular formula is C14H13BrN2O3. The molecule has 1 unspecified atom stereocenters. The molecule has 0 spiro atoms. The van der Waals surface area contributed by atoms with Crippen molar-refractivity contribution in [3.8, 4) is 5.75 Å². The van der Waals surface area contributed by atoms with Crippen LogP contribution in [0.5, 0.6) is 5.75 Å². The highest BCUT2D eigenvalue weighted by molar-refractivity contribution is 9.10. The fraction of sp³-hybridized carbons (Fsp3) is 0.143. The van der Waals surface area contributed by atoms with Gasteiger partial charge in [-0.2, -0.15) is 0 Å². The molecule has 0 saturated carbocycles. The Balaban J connectivity index is 2.31. The van der Waals surface area contributed by atoms with E-state index in [2.05, 4.69) is 21.2 Å². The lowest BCUT2D eigenvalue weighted by Crippen LogP contribution is -2.08. The molecule has 0 bridgehead atoms.